The Balaban J connectivity index is 2.03. The predicted molar refractivity (Wildman–Crippen MR) is 93.6 cm³/mol. The highest BCUT2D eigenvalue weighted by molar-refractivity contribution is 7.16. The number of aryl methyl sites for hydroxylation is 2. The van der Waals surface area contributed by atoms with Crippen molar-refractivity contribution in [2.75, 3.05) is 0 Å². The molecule has 0 N–H and O–H groups in total. The number of ketones is 1. The van der Waals surface area contributed by atoms with Crippen LogP contribution in [-0.4, -0.2) is 15.3 Å². The van der Waals surface area contributed by atoms with Crippen LogP contribution in [0, 0.1) is 27.7 Å². The summed E-state index contributed by atoms with van der Waals surface area (Å²) >= 11 is 1.42. The summed E-state index contributed by atoms with van der Waals surface area (Å²) in [6.45, 7) is 7.98. The third-order valence-corrected chi connectivity index (χ3v) is 5.22. The molecule has 0 spiro atoms. The smallest absolute Gasteiger partial charge is 0.262 e. The molecule has 0 aliphatic heterocycles. The summed E-state index contributed by atoms with van der Waals surface area (Å²) in [6.07, 6.45) is 1.46. The fourth-order valence-electron chi connectivity index (χ4n) is 2.95. The number of aromatic nitrogens is 2. The lowest BCUT2D eigenvalue weighted by Gasteiger charge is -2.14. The molecule has 0 unspecified atom stereocenters. The summed E-state index contributed by atoms with van der Waals surface area (Å²) < 4.78 is 1.39. The van der Waals surface area contributed by atoms with E-state index in [1.165, 1.54) is 27.8 Å². The summed E-state index contributed by atoms with van der Waals surface area (Å²) in [4.78, 5) is 30.1. The van der Waals surface area contributed by atoms with Crippen molar-refractivity contribution in [1.29, 1.82) is 0 Å². The van der Waals surface area contributed by atoms with E-state index in [4.69, 9.17) is 0 Å². The number of benzene rings is 1. The molecule has 3 rings (SSSR count). The van der Waals surface area contributed by atoms with E-state index >= 15 is 0 Å². The molecule has 118 valence electrons. The molecule has 2 aromatic heterocycles. The van der Waals surface area contributed by atoms with Gasteiger partial charge in [0.1, 0.15) is 4.83 Å². The molecule has 0 aliphatic carbocycles. The summed E-state index contributed by atoms with van der Waals surface area (Å²) in [7, 11) is 0. The molecule has 5 heteroatoms. The number of carbonyl (C=O) groups is 1. The molecule has 0 atom stereocenters. The zero-order chi connectivity index (χ0) is 16.7. The predicted octanol–water partition coefficient (Wildman–Crippen LogP) is 3.57. The molecule has 3 aromatic rings. The van der Waals surface area contributed by atoms with E-state index in [1.807, 2.05) is 39.1 Å². The van der Waals surface area contributed by atoms with Crippen LogP contribution in [0.5, 0.6) is 0 Å². The average molecular weight is 326 g/mol. The molecule has 0 saturated heterocycles. The molecule has 0 radical (unpaired) electrons. The van der Waals surface area contributed by atoms with E-state index in [0.717, 1.165) is 16.7 Å². The van der Waals surface area contributed by atoms with Crippen LogP contribution in [0.2, 0.25) is 0 Å². The SMILES string of the molecule is Cc1cc(C)c(C(=O)Cn2cnc3sccc3c2=O)c(C)c1C. The van der Waals surface area contributed by atoms with Crippen LogP contribution in [0.15, 0.2) is 28.6 Å². The maximum absolute atomic E-state index is 12.8. The van der Waals surface area contributed by atoms with Gasteiger partial charge in [-0.25, -0.2) is 4.98 Å². The Morgan fingerprint density at radius 3 is 2.65 bits per heavy atom. The first-order valence-corrected chi connectivity index (χ1v) is 8.31. The normalized spacial score (nSPS) is 11.1. The molecular formula is C18H18N2O2S. The van der Waals surface area contributed by atoms with Crippen molar-refractivity contribution in [1.82, 2.24) is 9.55 Å². The Labute approximate surface area is 138 Å². The Kier molecular flexibility index (Phi) is 3.90. The highest BCUT2D eigenvalue weighted by Gasteiger charge is 2.17. The van der Waals surface area contributed by atoms with Gasteiger partial charge in [0.25, 0.3) is 5.56 Å². The van der Waals surface area contributed by atoms with Gasteiger partial charge in [-0.1, -0.05) is 6.07 Å². The van der Waals surface area contributed by atoms with Gasteiger partial charge in [0, 0.05) is 5.56 Å². The molecule has 0 aliphatic rings. The fraction of sp³-hybridized carbons (Fsp3) is 0.278. The Hall–Kier alpha value is -2.27. The summed E-state index contributed by atoms with van der Waals surface area (Å²) in [5.74, 6) is -0.0541. The second-order valence-electron chi connectivity index (χ2n) is 5.88. The van der Waals surface area contributed by atoms with Crippen molar-refractivity contribution >= 4 is 27.3 Å². The zero-order valence-electron chi connectivity index (χ0n) is 13.6. The molecule has 2 heterocycles. The van der Waals surface area contributed by atoms with Gasteiger partial charge in [-0.2, -0.15) is 0 Å². The lowest BCUT2D eigenvalue weighted by atomic mass is 9.92. The molecule has 4 nitrogen and oxygen atoms in total. The lowest BCUT2D eigenvalue weighted by molar-refractivity contribution is 0.0969. The lowest BCUT2D eigenvalue weighted by Crippen LogP contribution is -2.25. The van der Waals surface area contributed by atoms with Crippen molar-refractivity contribution < 1.29 is 4.79 Å². The Morgan fingerprint density at radius 2 is 1.91 bits per heavy atom. The first-order valence-electron chi connectivity index (χ1n) is 7.43. The molecule has 0 fully saturated rings. The third-order valence-electron chi connectivity index (χ3n) is 4.40. The van der Waals surface area contributed by atoms with Crippen molar-refractivity contribution in [2.45, 2.75) is 34.2 Å². The van der Waals surface area contributed by atoms with Gasteiger partial charge in [0.15, 0.2) is 5.78 Å². The highest BCUT2D eigenvalue weighted by atomic mass is 32.1. The van der Waals surface area contributed by atoms with Crippen LogP contribution in [0.1, 0.15) is 32.6 Å². The maximum atomic E-state index is 12.8. The molecule has 0 saturated carbocycles. The van der Waals surface area contributed by atoms with Gasteiger partial charge < -0.3 is 0 Å². The Morgan fingerprint density at radius 1 is 1.17 bits per heavy atom. The van der Waals surface area contributed by atoms with Gasteiger partial charge in [-0.3, -0.25) is 14.2 Å². The van der Waals surface area contributed by atoms with E-state index in [9.17, 15) is 9.59 Å². The average Bonchev–Trinajstić information content (AvgIpc) is 2.97. The quantitative estimate of drug-likeness (QED) is 0.691. The van der Waals surface area contributed by atoms with Gasteiger partial charge in [0.2, 0.25) is 0 Å². The van der Waals surface area contributed by atoms with Crippen molar-refractivity contribution in [3.05, 3.63) is 62.0 Å². The van der Waals surface area contributed by atoms with Crippen molar-refractivity contribution in [2.24, 2.45) is 0 Å². The van der Waals surface area contributed by atoms with E-state index < -0.39 is 0 Å². The first-order chi connectivity index (χ1) is 10.9. The monoisotopic (exact) mass is 326 g/mol. The first kappa shape index (κ1) is 15.6. The van der Waals surface area contributed by atoms with Crippen LogP contribution in [-0.2, 0) is 6.54 Å². The number of hydrogen-bond acceptors (Lipinski definition) is 4. The largest absolute Gasteiger partial charge is 0.292 e. The van der Waals surface area contributed by atoms with E-state index in [-0.39, 0.29) is 17.9 Å². The van der Waals surface area contributed by atoms with E-state index in [0.29, 0.717) is 15.8 Å². The topological polar surface area (TPSA) is 52.0 Å². The van der Waals surface area contributed by atoms with Crippen molar-refractivity contribution in [3.63, 3.8) is 0 Å². The summed E-state index contributed by atoms with van der Waals surface area (Å²) in [5, 5.41) is 2.40. The number of thiophene rings is 1. The van der Waals surface area contributed by atoms with Crippen LogP contribution in [0.4, 0.5) is 0 Å². The molecule has 23 heavy (non-hydrogen) atoms. The maximum Gasteiger partial charge on any atom is 0.262 e. The fourth-order valence-corrected chi connectivity index (χ4v) is 3.68. The minimum absolute atomic E-state index is 0.0157. The summed E-state index contributed by atoms with van der Waals surface area (Å²) in [5.41, 5.74) is 4.79. The van der Waals surface area contributed by atoms with Crippen molar-refractivity contribution in [3.8, 4) is 0 Å². The number of Topliss-reactive ketones (excluding diaryl/α,β-unsaturated/α-hetero) is 1. The highest BCUT2D eigenvalue weighted by Crippen LogP contribution is 2.22. The summed E-state index contributed by atoms with van der Waals surface area (Å²) in [6, 6.07) is 3.78. The Bertz CT molecular complexity index is 983. The molecule has 0 amide bonds. The third kappa shape index (κ3) is 2.61. The van der Waals surface area contributed by atoms with Gasteiger partial charge in [-0.15, -0.1) is 11.3 Å². The number of hydrogen-bond donors (Lipinski definition) is 0. The van der Waals surface area contributed by atoms with E-state index in [2.05, 4.69) is 4.98 Å². The minimum Gasteiger partial charge on any atom is -0.292 e. The van der Waals surface area contributed by atoms with Crippen LogP contribution in [0.25, 0.3) is 10.2 Å². The second kappa shape index (κ2) is 5.74. The second-order valence-corrected chi connectivity index (χ2v) is 6.77. The van der Waals surface area contributed by atoms with Gasteiger partial charge >= 0.3 is 0 Å². The minimum atomic E-state index is -0.163. The molecule has 0 bridgehead atoms. The number of rotatable bonds is 3. The number of nitrogens with zero attached hydrogens (tertiary/aromatic N) is 2. The zero-order valence-corrected chi connectivity index (χ0v) is 14.5. The standard InChI is InChI=1S/C18H18N2O2S/c1-10-7-11(2)16(13(4)12(10)3)15(21)8-20-9-19-17-14(18(20)22)5-6-23-17/h5-7,9H,8H2,1-4H3. The van der Waals surface area contributed by atoms with Crippen LogP contribution < -0.4 is 5.56 Å². The number of carbonyl (C=O) groups excluding carboxylic acids is 1. The molecule has 1 aromatic carbocycles. The van der Waals surface area contributed by atoms with Crippen LogP contribution in [0.3, 0.4) is 0 Å². The molecular weight excluding hydrogens is 308 g/mol. The van der Waals surface area contributed by atoms with Gasteiger partial charge in [-0.05, 0) is 61.4 Å². The number of fused-ring (bicyclic) bond motifs is 1. The van der Waals surface area contributed by atoms with E-state index in [1.54, 1.807) is 6.07 Å². The van der Waals surface area contributed by atoms with Crippen LogP contribution >= 0.6 is 11.3 Å². The van der Waals surface area contributed by atoms with Gasteiger partial charge in [0.05, 0.1) is 18.3 Å².